The van der Waals surface area contributed by atoms with Crippen LogP contribution in [0, 0.1) is 63.6 Å². The minimum absolute atomic E-state index is 0.0000154. The van der Waals surface area contributed by atoms with Crippen LogP contribution in [-0.2, 0) is 4.74 Å². The summed E-state index contributed by atoms with van der Waals surface area (Å²) in [6.07, 6.45) is 17.1. The van der Waals surface area contributed by atoms with E-state index in [9.17, 15) is 14.7 Å². The fourth-order valence-electron chi connectivity index (χ4n) is 13.7. The maximum Gasteiger partial charge on any atom is 0.410 e. The average molecular weight is 630 g/mol. The van der Waals surface area contributed by atoms with Gasteiger partial charge in [0.1, 0.15) is 5.60 Å². The summed E-state index contributed by atoms with van der Waals surface area (Å²) in [7, 11) is 0. The van der Waals surface area contributed by atoms with Gasteiger partial charge >= 0.3 is 6.09 Å². The summed E-state index contributed by atoms with van der Waals surface area (Å²) >= 11 is 1.60. The first-order valence-corrected chi connectivity index (χ1v) is 18.8. The highest BCUT2D eigenvalue weighted by atomic mass is 32.1. The second-order valence-corrected chi connectivity index (χ2v) is 19.2. The zero-order valence-corrected chi connectivity index (χ0v) is 28.7. The molecule has 9 aliphatic carbocycles. The maximum atomic E-state index is 14.7. The summed E-state index contributed by atoms with van der Waals surface area (Å²) in [6, 6.07) is 4.08. The summed E-state index contributed by atoms with van der Waals surface area (Å²) in [5, 5.41) is 11.0. The van der Waals surface area contributed by atoms with Crippen LogP contribution in [0.3, 0.4) is 0 Å². The molecule has 5 nitrogen and oxygen atoms in total. The molecular formula is C39H51NO4S. The van der Waals surface area contributed by atoms with Crippen molar-refractivity contribution in [1.82, 2.24) is 4.90 Å². The molecule has 1 aromatic rings. The van der Waals surface area contributed by atoms with Gasteiger partial charge in [0.05, 0.1) is 17.5 Å². The van der Waals surface area contributed by atoms with Crippen molar-refractivity contribution in [2.24, 2.45) is 56.7 Å². The van der Waals surface area contributed by atoms with E-state index in [1.807, 2.05) is 6.07 Å². The monoisotopic (exact) mass is 629 g/mol. The molecule has 11 atom stereocenters. The summed E-state index contributed by atoms with van der Waals surface area (Å²) in [4.78, 5) is 32.5. The Labute approximate surface area is 272 Å². The fourth-order valence-corrected chi connectivity index (χ4v) is 14.5. The molecule has 2 heterocycles. The molecule has 1 amide bonds. The van der Waals surface area contributed by atoms with Crippen LogP contribution in [0.25, 0.3) is 0 Å². The number of carbonyl (C=O) groups is 2. The Bertz CT molecular complexity index is 1550. The van der Waals surface area contributed by atoms with E-state index < -0.39 is 5.60 Å². The summed E-state index contributed by atoms with van der Waals surface area (Å²) in [5.74, 6) is 2.89. The third-order valence-electron chi connectivity index (χ3n) is 16.3. The summed E-state index contributed by atoms with van der Waals surface area (Å²) in [6.45, 7) is 13.4. The van der Waals surface area contributed by atoms with E-state index in [2.05, 4.69) is 63.8 Å². The van der Waals surface area contributed by atoms with Crippen LogP contribution in [0.15, 0.2) is 35.9 Å². The molecule has 1 aliphatic heterocycles. The van der Waals surface area contributed by atoms with Crippen molar-refractivity contribution in [3.05, 3.63) is 45.7 Å². The number of amides is 1. The Morgan fingerprint density at radius 1 is 1.00 bits per heavy atom. The Morgan fingerprint density at radius 3 is 2.49 bits per heavy atom. The van der Waals surface area contributed by atoms with Gasteiger partial charge in [0.2, 0.25) is 0 Å². The lowest BCUT2D eigenvalue weighted by atomic mass is 9.32. The second kappa shape index (κ2) is 8.95. The van der Waals surface area contributed by atoms with E-state index >= 15 is 0 Å². The minimum Gasteiger partial charge on any atom is -0.440 e. The topological polar surface area (TPSA) is 66.8 Å². The molecule has 4 bridgehead atoms. The molecule has 6 saturated carbocycles. The number of aliphatic hydroxyl groups is 1. The van der Waals surface area contributed by atoms with Crippen molar-refractivity contribution in [1.29, 1.82) is 0 Å². The van der Waals surface area contributed by atoms with Crippen molar-refractivity contribution < 1.29 is 19.4 Å². The molecule has 3 spiro atoms. The van der Waals surface area contributed by atoms with Gasteiger partial charge in [0, 0.05) is 33.2 Å². The summed E-state index contributed by atoms with van der Waals surface area (Å²) < 4.78 is 6.67. The van der Waals surface area contributed by atoms with Crippen LogP contribution in [-0.4, -0.2) is 46.7 Å². The molecule has 10 aliphatic rings. The minimum atomic E-state index is -0.502. The van der Waals surface area contributed by atoms with Crippen molar-refractivity contribution in [2.75, 3.05) is 13.1 Å². The predicted octanol–water partition coefficient (Wildman–Crippen LogP) is 8.36. The zero-order chi connectivity index (χ0) is 31.4. The molecule has 0 aromatic carbocycles. The number of Topliss-reactive ketones (excluding diaryl/α,β-unsaturated/α-hetero) is 1. The van der Waals surface area contributed by atoms with E-state index in [-0.39, 0.29) is 45.6 Å². The highest BCUT2D eigenvalue weighted by Gasteiger charge is 2.76. The molecule has 45 heavy (non-hydrogen) atoms. The van der Waals surface area contributed by atoms with Gasteiger partial charge in [0.25, 0.3) is 0 Å². The number of rotatable bonds is 4. The number of ketones is 1. The Balaban J connectivity index is 1.10. The number of nitrogens with zero attached hydrogens (tertiary/aromatic N) is 1. The van der Waals surface area contributed by atoms with Crippen molar-refractivity contribution >= 4 is 23.2 Å². The highest BCUT2D eigenvalue weighted by Crippen LogP contribution is 2.79. The first-order valence-electron chi connectivity index (χ1n) is 18.0. The third-order valence-corrected chi connectivity index (χ3v) is 17.3. The lowest BCUT2D eigenvalue weighted by Crippen LogP contribution is -2.67. The molecule has 6 heteroatoms. The molecule has 7 fully saturated rings. The third kappa shape index (κ3) is 3.40. The SMILES string of the molecule is Cc1ccc(C(=O)C2=CC34C=CC25C(CCC2(C)C5CCC25CN(CC2CCC6CC2C6(C)C)C(=O)O5)C3(C)CCC(O)C4)s1. The predicted molar refractivity (Wildman–Crippen MR) is 176 cm³/mol. The Morgan fingerprint density at radius 2 is 1.76 bits per heavy atom. The van der Waals surface area contributed by atoms with Gasteiger partial charge in [-0.2, -0.15) is 0 Å². The van der Waals surface area contributed by atoms with Gasteiger partial charge in [-0.15, -0.1) is 11.3 Å². The number of fused-ring (bicyclic) bond motifs is 4. The molecule has 11 rings (SSSR count). The van der Waals surface area contributed by atoms with E-state index in [1.165, 1.54) is 19.3 Å². The van der Waals surface area contributed by atoms with Gasteiger partial charge in [0.15, 0.2) is 5.78 Å². The molecular weight excluding hydrogens is 578 g/mol. The summed E-state index contributed by atoms with van der Waals surface area (Å²) in [5.41, 5.74) is -0.00312. The van der Waals surface area contributed by atoms with Crippen LogP contribution in [0.5, 0.6) is 0 Å². The number of carbonyl (C=O) groups excluding carboxylic acids is 2. The molecule has 0 radical (unpaired) electrons. The first kappa shape index (κ1) is 29.2. The van der Waals surface area contributed by atoms with Gasteiger partial charge in [-0.3, -0.25) is 4.79 Å². The number of thiophene rings is 1. The second-order valence-electron chi connectivity index (χ2n) is 18.0. The number of aliphatic hydroxyl groups excluding tert-OH is 1. The van der Waals surface area contributed by atoms with E-state index in [0.29, 0.717) is 36.1 Å². The van der Waals surface area contributed by atoms with Crippen molar-refractivity contribution in [3.63, 3.8) is 0 Å². The van der Waals surface area contributed by atoms with Crippen LogP contribution in [0.4, 0.5) is 4.79 Å². The van der Waals surface area contributed by atoms with Crippen LogP contribution < -0.4 is 0 Å². The Kier molecular flexibility index (Phi) is 5.81. The Hall–Kier alpha value is -1.92. The van der Waals surface area contributed by atoms with Gasteiger partial charge in [-0.25, -0.2) is 4.79 Å². The lowest BCUT2D eigenvalue weighted by molar-refractivity contribution is -0.164. The number of hydrogen-bond acceptors (Lipinski definition) is 5. The smallest absolute Gasteiger partial charge is 0.410 e. The van der Waals surface area contributed by atoms with Crippen molar-refractivity contribution in [2.45, 2.75) is 111 Å². The quantitative estimate of drug-likeness (QED) is 0.269. The standard InChI is InChI=1S/C39H51NO4S/c1-23-6-9-29(45-23)32(42)28-20-37-16-17-39(28)30(35(37,4)13-10-26(41)19-37)11-14-36(5)31(39)12-15-38(36)22-40(33(43)44-38)21-24-7-8-25-18-27(24)34(25,2)3/h6,9,16-17,20,24-27,30-31,41H,7-8,10-15,18-19,21-22H2,1-5H3. The van der Waals surface area contributed by atoms with E-state index in [0.717, 1.165) is 66.3 Å². The molecule has 1 aromatic heterocycles. The number of allylic oxidation sites excluding steroid dienone is 4. The highest BCUT2D eigenvalue weighted by molar-refractivity contribution is 7.14. The number of hydrogen-bond donors (Lipinski definition) is 1. The lowest BCUT2D eigenvalue weighted by Gasteiger charge is -2.71. The number of aryl methyl sites for hydroxylation is 1. The molecule has 242 valence electrons. The molecule has 11 unspecified atom stereocenters. The number of ether oxygens (including phenoxy) is 1. The first-order chi connectivity index (χ1) is 21.3. The maximum absolute atomic E-state index is 14.7. The van der Waals surface area contributed by atoms with Crippen LogP contribution in [0.1, 0.15) is 106 Å². The zero-order valence-electron chi connectivity index (χ0n) is 27.9. The molecule has 1 saturated heterocycles. The van der Waals surface area contributed by atoms with Gasteiger partial charge in [-0.1, -0.05) is 45.9 Å². The largest absolute Gasteiger partial charge is 0.440 e. The van der Waals surface area contributed by atoms with E-state index in [4.69, 9.17) is 4.74 Å². The van der Waals surface area contributed by atoms with Crippen LogP contribution >= 0.6 is 11.3 Å². The van der Waals surface area contributed by atoms with Gasteiger partial charge < -0.3 is 14.7 Å². The van der Waals surface area contributed by atoms with Crippen molar-refractivity contribution in [3.8, 4) is 0 Å². The fraction of sp³-hybridized carbons (Fsp3) is 0.744. The van der Waals surface area contributed by atoms with Crippen LogP contribution in [0.2, 0.25) is 0 Å². The van der Waals surface area contributed by atoms with Gasteiger partial charge in [-0.05, 0) is 124 Å². The van der Waals surface area contributed by atoms with E-state index in [1.54, 1.807) is 11.3 Å². The normalized spacial score (nSPS) is 50.0. The average Bonchev–Trinajstić information content (AvgIpc) is 3.67. The molecule has 1 N–H and O–H groups in total.